The summed E-state index contributed by atoms with van der Waals surface area (Å²) in [5, 5.41) is 10.1. The van der Waals surface area contributed by atoms with Crippen molar-refractivity contribution in [2.45, 2.75) is 37.2 Å². The number of nitrogens with zero attached hydrogens (tertiary/aromatic N) is 4. The van der Waals surface area contributed by atoms with Gasteiger partial charge in [-0.2, -0.15) is 0 Å². The summed E-state index contributed by atoms with van der Waals surface area (Å²) >= 11 is 1.76. The minimum Gasteiger partial charge on any atom is -0.309 e. The van der Waals surface area contributed by atoms with Crippen LogP contribution in [-0.4, -0.2) is 26.6 Å². The fourth-order valence-electron chi connectivity index (χ4n) is 2.19. The van der Waals surface area contributed by atoms with Crippen LogP contribution in [0.1, 0.15) is 20.3 Å². The molecule has 2 heterocycles. The fourth-order valence-corrected chi connectivity index (χ4v) is 3.11. The van der Waals surface area contributed by atoms with Crippen LogP contribution in [-0.2, 0) is 6.54 Å². The van der Waals surface area contributed by atoms with Crippen molar-refractivity contribution in [1.29, 1.82) is 0 Å². The molecule has 0 amide bonds. The van der Waals surface area contributed by atoms with E-state index in [1.165, 1.54) is 12.1 Å². The maximum absolute atomic E-state index is 13.0. The molecule has 0 aliphatic carbocycles. The van der Waals surface area contributed by atoms with Gasteiger partial charge in [-0.25, -0.2) is 4.39 Å². The number of rotatable bonds is 4. The van der Waals surface area contributed by atoms with Crippen molar-refractivity contribution < 1.29 is 4.39 Å². The minimum atomic E-state index is -0.220. The second kappa shape index (κ2) is 5.44. The van der Waals surface area contributed by atoms with E-state index in [0.717, 1.165) is 36.3 Å². The lowest BCUT2D eigenvalue weighted by molar-refractivity contribution is 0.627. The number of hydrogen-bond donors (Lipinski definition) is 0. The molecule has 3 rings (SSSR count). The quantitative estimate of drug-likeness (QED) is 0.808. The molecule has 2 aromatic rings. The molecule has 1 aliphatic rings. The standard InChI is InChI=1S/C14H17FN4S/c1-3-10(2)20-14-17-16-13-18(8-9-19(13)14)12-6-4-11(15)5-7-12/h4-7,10H,3,8-9H2,1-2H3. The van der Waals surface area contributed by atoms with Gasteiger partial charge in [-0.05, 0) is 30.7 Å². The van der Waals surface area contributed by atoms with Crippen LogP contribution in [0.3, 0.4) is 0 Å². The van der Waals surface area contributed by atoms with Crippen molar-refractivity contribution in [2.75, 3.05) is 11.4 Å². The van der Waals surface area contributed by atoms with E-state index in [0.29, 0.717) is 5.25 Å². The van der Waals surface area contributed by atoms with E-state index in [-0.39, 0.29) is 5.82 Å². The Morgan fingerprint density at radius 3 is 2.70 bits per heavy atom. The summed E-state index contributed by atoms with van der Waals surface area (Å²) in [6.07, 6.45) is 1.11. The summed E-state index contributed by atoms with van der Waals surface area (Å²) in [6, 6.07) is 6.51. The summed E-state index contributed by atoms with van der Waals surface area (Å²) < 4.78 is 15.1. The van der Waals surface area contributed by atoms with Crippen molar-refractivity contribution in [3.05, 3.63) is 30.1 Å². The molecule has 1 aromatic heterocycles. The molecule has 0 N–H and O–H groups in total. The van der Waals surface area contributed by atoms with Gasteiger partial charge in [-0.15, -0.1) is 10.2 Å². The first kappa shape index (κ1) is 13.4. The highest BCUT2D eigenvalue weighted by atomic mass is 32.2. The van der Waals surface area contributed by atoms with Crippen molar-refractivity contribution >= 4 is 23.4 Å². The first-order valence-electron chi connectivity index (χ1n) is 6.82. The molecule has 0 saturated carbocycles. The lowest BCUT2D eigenvalue weighted by atomic mass is 10.3. The Hall–Kier alpha value is -1.56. The van der Waals surface area contributed by atoms with Crippen molar-refractivity contribution in [3.63, 3.8) is 0 Å². The van der Waals surface area contributed by atoms with Crippen LogP contribution in [0.4, 0.5) is 16.0 Å². The second-order valence-electron chi connectivity index (χ2n) is 4.90. The van der Waals surface area contributed by atoms with Crippen molar-refractivity contribution in [2.24, 2.45) is 0 Å². The first-order valence-corrected chi connectivity index (χ1v) is 7.70. The second-order valence-corrected chi connectivity index (χ2v) is 6.30. The fraction of sp³-hybridized carbons (Fsp3) is 0.429. The highest BCUT2D eigenvalue weighted by Gasteiger charge is 2.26. The van der Waals surface area contributed by atoms with E-state index in [1.807, 2.05) is 0 Å². The molecule has 4 nitrogen and oxygen atoms in total. The Balaban J connectivity index is 1.86. The number of hydrogen-bond acceptors (Lipinski definition) is 4. The van der Waals surface area contributed by atoms with Crippen LogP contribution in [0.2, 0.25) is 0 Å². The molecule has 1 aromatic carbocycles. The maximum atomic E-state index is 13.0. The largest absolute Gasteiger partial charge is 0.309 e. The van der Waals surface area contributed by atoms with Gasteiger partial charge in [0.2, 0.25) is 5.95 Å². The van der Waals surface area contributed by atoms with Gasteiger partial charge in [0.05, 0.1) is 0 Å². The molecule has 0 saturated heterocycles. The Morgan fingerprint density at radius 2 is 2.00 bits per heavy atom. The summed E-state index contributed by atoms with van der Waals surface area (Å²) in [5.74, 6) is 0.629. The molecule has 0 radical (unpaired) electrons. The molecule has 20 heavy (non-hydrogen) atoms. The number of fused-ring (bicyclic) bond motifs is 1. The number of thioether (sulfide) groups is 1. The molecule has 106 valence electrons. The lowest BCUT2D eigenvalue weighted by Gasteiger charge is -2.14. The molecule has 0 bridgehead atoms. The first-order chi connectivity index (χ1) is 9.69. The molecule has 6 heteroatoms. The summed E-state index contributed by atoms with van der Waals surface area (Å²) in [4.78, 5) is 2.08. The number of anilines is 2. The number of aromatic nitrogens is 3. The summed E-state index contributed by atoms with van der Waals surface area (Å²) in [6.45, 7) is 6.09. The third-order valence-electron chi connectivity index (χ3n) is 3.51. The van der Waals surface area contributed by atoms with E-state index < -0.39 is 0 Å². The predicted molar refractivity (Wildman–Crippen MR) is 79.0 cm³/mol. The van der Waals surface area contributed by atoms with Crippen molar-refractivity contribution in [1.82, 2.24) is 14.8 Å². The van der Waals surface area contributed by atoms with E-state index in [4.69, 9.17) is 0 Å². The Bertz CT molecular complexity index is 596. The molecule has 1 unspecified atom stereocenters. The van der Waals surface area contributed by atoms with E-state index in [9.17, 15) is 4.39 Å². The van der Waals surface area contributed by atoms with Gasteiger partial charge in [0.1, 0.15) is 5.82 Å². The summed E-state index contributed by atoms with van der Waals surface area (Å²) in [5.41, 5.74) is 0.956. The van der Waals surface area contributed by atoms with Gasteiger partial charge >= 0.3 is 0 Å². The molecular formula is C14H17FN4S. The van der Waals surface area contributed by atoms with Gasteiger partial charge in [0.15, 0.2) is 5.16 Å². The van der Waals surface area contributed by atoms with Gasteiger partial charge < -0.3 is 4.90 Å². The number of benzene rings is 1. The zero-order chi connectivity index (χ0) is 14.1. The van der Waals surface area contributed by atoms with Gasteiger partial charge in [0, 0.05) is 24.0 Å². The van der Waals surface area contributed by atoms with Crippen LogP contribution in [0.5, 0.6) is 0 Å². The summed E-state index contributed by atoms with van der Waals surface area (Å²) in [7, 11) is 0. The third-order valence-corrected chi connectivity index (χ3v) is 4.75. The Morgan fingerprint density at radius 1 is 1.25 bits per heavy atom. The highest BCUT2D eigenvalue weighted by Crippen LogP contribution is 2.33. The Labute approximate surface area is 122 Å². The highest BCUT2D eigenvalue weighted by molar-refractivity contribution is 7.99. The van der Waals surface area contributed by atoms with E-state index in [2.05, 4.69) is 33.5 Å². The average Bonchev–Trinajstić information content (AvgIpc) is 3.03. The SMILES string of the molecule is CCC(C)Sc1nnc2n1CCN2c1ccc(F)cc1. The molecule has 1 atom stereocenters. The molecular weight excluding hydrogens is 275 g/mol. The smallest absolute Gasteiger partial charge is 0.232 e. The van der Waals surface area contributed by atoms with Gasteiger partial charge in [0.25, 0.3) is 0 Å². The normalized spacial score (nSPS) is 15.4. The van der Waals surface area contributed by atoms with Crippen LogP contribution >= 0.6 is 11.8 Å². The van der Waals surface area contributed by atoms with E-state index in [1.54, 1.807) is 23.9 Å². The molecule has 1 aliphatic heterocycles. The minimum absolute atomic E-state index is 0.220. The van der Waals surface area contributed by atoms with Crippen molar-refractivity contribution in [3.8, 4) is 0 Å². The average molecular weight is 292 g/mol. The number of halogens is 1. The third kappa shape index (κ3) is 2.40. The maximum Gasteiger partial charge on any atom is 0.232 e. The zero-order valence-corrected chi connectivity index (χ0v) is 12.4. The molecule has 0 fully saturated rings. The van der Waals surface area contributed by atoms with Crippen LogP contribution in [0, 0.1) is 5.82 Å². The zero-order valence-electron chi connectivity index (χ0n) is 11.6. The molecule has 0 spiro atoms. The topological polar surface area (TPSA) is 34.0 Å². The van der Waals surface area contributed by atoms with Crippen LogP contribution < -0.4 is 4.90 Å². The lowest BCUT2D eigenvalue weighted by Crippen LogP contribution is -2.14. The Kier molecular flexibility index (Phi) is 3.65. The van der Waals surface area contributed by atoms with Gasteiger partial charge in [-0.1, -0.05) is 25.6 Å². The predicted octanol–water partition coefficient (Wildman–Crippen LogP) is 3.46. The van der Waals surface area contributed by atoms with E-state index >= 15 is 0 Å². The van der Waals surface area contributed by atoms with Crippen LogP contribution in [0.25, 0.3) is 0 Å². The van der Waals surface area contributed by atoms with Gasteiger partial charge in [-0.3, -0.25) is 4.57 Å². The van der Waals surface area contributed by atoms with Crippen LogP contribution in [0.15, 0.2) is 29.4 Å². The monoisotopic (exact) mass is 292 g/mol.